The van der Waals surface area contributed by atoms with Crippen molar-refractivity contribution in [3.05, 3.63) is 216 Å². The molecule has 2 aromatic heterocycles. The molecular formula is C60H44N4. The van der Waals surface area contributed by atoms with Gasteiger partial charge in [-0.1, -0.05) is 222 Å². The van der Waals surface area contributed by atoms with E-state index >= 15 is 0 Å². The quantitative estimate of drug-likeness (QED) is 0.168. The average molecular weight is 821 g/mol. The van der Waals surface area contributed by atoms with Crippen molar-refractivity contribution >= 4 is 10.8 Å². The van der Waals surface area contributed by atoms with E-state index in [2.05, 4.69) is 210 Å². The second-order valence-electron chi connectivity index (χ2n) is 18.2. The molecule has 0 spiro atoms. The van der Waals surface area contributed by atoms with E-state index < -0.39 is 0 Å². The summed E-state index contributed by atoms with van der Waals surface area (Å²) in [5, 5.41) is 2.42. The molecule has 10 aromatic rings. The van der Waals surface area contributed by atoms with Gasteiger partial charge < -0.3 is 0 Å². The highest BCUT2D eigenvalue weighted by Gasteiger charge is 2.41. The Kier molecular flexibility index (Phi) is 8.51. The first-order chi connectivity index (χ1) is 31.3. The van der Waals surface area contributed by atoms with E-state index in [9.17, 15) is 0 Å². The molecule has 4 nitrogen and oxygen atoms in total. The van der Waals surface area contributed by atoms with Crippen LogP contribution in [0.5, 0.6) is 0 Å². The Balaban J connectivity index is 0.924. The molecule has 4 heteroatoms. The van der Waals surface area contributed by atoms with Crippen molar-refractivity contribution in [1.29, 1.82) is 0 Å². The second kappa shape index (κ2) is 14.4. The largest absolute Gasteiger partial charge is 0.228 e. The van der Waals surface area contributed by atoms with Gasteiger partial charge in [0.05, 0.1) is 22.8 Å². The summed E-state index contributed by atoms with van der Waals surface area (Å²) in [5.41, 5.74) is 19.7. The van der Waals surface area contributed by atoms with Crippen LogP contribution in [0.15, 0.2) is 194 Å². The summed E-state index contributed by atoms with van der Waals surface area (Å²) in [4.78, 5) is 21.1. The maximum atomic E-state index is 5.32. The molecule has 2 aliphatic carbocycles. The molecule has 2 aliphatic rings. The fourth-order valence-corrected chi connectivity index (χ4v) is 10.5. The van der Waals surface area contributed by atoms with E-state index in [1.807, 2.05) is 12.1 Å². The minimum atomic E-state index is -0.248. The summed E-state index contributed by atoms with van der Waals surface area (Å²) in [7, 11) is 0. The highest BCUT2D eigenvalue weighted by Crippen LogP contribution is 2.53. The smallest absolute Gasteiger partial charge is 0.160 e. The van der Waals surface area contributed by atoms with E-state index in [-0.39, 0.29) is 10.8 Å². The fraction of sp³-hybridized carbons (Fsp3) is 0.100. The van der Waals surface area contributed by atoms with E-state index in [0.717, 1.165) is 67.8 Å². The molecule has 0 atom stereocenters. The van der Waals surface area contributed by atoms with Crippen molar-refractivity contribution in [2.24, 2.45) is 0 Å². The minimum absolute atomic E-state index is 0.248. The molecule has 0 aliphatic heterocycles. The van der Waals surface area contributed by atoms with Crippen LogP contribution in [0.2, 0.25) is 0 Å². The van der Waals surface area contributed by atoms with Crippen LogP contribution in [0.4, 0.5) is 0 Å². The first kappa shape index (κ1) is 37.9. The van der Waals surface area contributed by atoms with Gasteiger partial charge in [0.1, 0.15) is 0 Å². The Bertz CT molecular complexity index is 3230. The van der Waals surface area contributed by atoms with Crippen LogP contribution in [-0.4, -0.2) is 19.9 Å². The number of hydrogen-bond donors (Lipinski definition) is 0. The number of hydrogen-bond acceptors (Lipinski definition) is 4. The predicted molar refractivity (Wildman–Crippen MR) is 263 cm³/mol. The van der Waals surface area contributed by atoms with Crippen LogP contribution in [0, 0.1) is 0 Å². The van der Waals surface area contributed by atoms with Gasteiger partial charge >= 0.3 is 0 Å². The molecule has 0 saturated carbocycles. The van der Waals surface area contributed by atoms with Crippen molar-refractivity contribution in [2.45, 2.75) is 38.5 Å². The summed E-state index contributed by atoms with van der Waals surface area (Å²) < 4.78 is 0. The lowest BCUT2D eigenvalue weighted by molar-refractivity contribution is 0.657. The van der Waals surface area contributed by atoms with Gasteiger partial charge in [0, 0.05) is 55.3 Å². The third-order valence-corrected chi connectivity index (χ3v) is 13.7. The zero-order valence-electron chi connectivity index (χ0n) is 36.3. The van der Waals surface area contributed by atoms with Crippen LogP contribution in [0.1, 0.15) is 49.9 Å². The summed E-state index contributed by atoms with van der Waals surface area (Å²) in [6, 6.07) is 69.3. The zero-order chi connectivity index (χ0) is 43.2. The third kappa shape index (κ3) is 5.83. The molecule has 0 N–H and O–H groups in total. The van der Waals surface area contributed by atoms with Gasteiger partial charge in [-0.25, -0.2) is 19.9 Å². The number of rotatable bonds is 6. The SMILES string of the molecule is CC1(C)c2ccccc2-c2nc(-c3ccccc3)nc(-c3ccc(-c4ccc(-c5ccc(-c6nc(-c7ccccc7)nc7c6C(C)(C)c6ccccc6-7)cc5)c5ccccc45)cc3)c21. The average Bonchev–Trinajstić information content (AvgIpc) is 3.73. The van der Waals surface area contributed by atoms with Gasteiger partial charge in [0.15, 0.2) is 11.6 Å². The van der Waals surface area contributed by atoms with Gasteiger partial charge in [-0.05, 0) is 44.2 Å². The summed E-state index contributed by atoms with van der Waals surface area (Å²) in [5.74, 6) is 1.49. The van der Waals surface area contributed by atoms with Gasteiger partial charge in [0.25, 0.3) is 0 Å². The van der Waals surface area contributed by atoms with Gasteiger partial charge in [-0.15, -0.1) is 0 Å². The lowest BCUT2D eigenvalue weighted by Crippen LogP contribution is -2.17. The normalized spacial score (nSPS) is 13.9. The van der Waals surface area contributed by atoms with Crippen LogP contribution < -0.4 is 0 Å². The zero-order valence-corrected chi connectivity index (χ0v) is 36.3. The van der Waals surface area contributed by atoms with Crippen LogP contribution in [-0.2, 0) is 10.8 Å². The van der Waals surface area contributed by atoms with Crippen LogP contribution in [0.3, 0.4) is 0 Å². The van der Waals surface area contributed by atoms with Crippen molar-refractivity contribution in [3.8, 4) is 90.1 Å². The lowest BCUT2D eigenvalue weighted by atomic mass is 9.80. The lowest BCUT2D eigenvalue weighted by Gasteiger charge is -2.24. The Morgan fingerprint density at radius 2 is 0.594 bits per heavy atom. The molecule has 0 fully saturated rings. The molecule has 8 aromatic carbocycles. The molecule has 0 saturated heterocycles. The molecular weight excluding hydrogens is 777 g/mol. The Morgan fingerprint density at radius 1 is 0.266 bits per heavy atom. The summed E-state index contributed by atoms with van der Waals surface area (Å²) >= 11 is 0. The molecule has 0 bridgehead atoms. The maximum absolute atomic E-state index is 5.32. The molecule has 2 heterocycles. The minimum Gasteiger partial charge on any atom is -0.228 e. The standard InChI is InChI=1S/C60H44N4/c1-59(2)49-25-15-13-23-47(49)55-51(59)53(61-57(63-55)41-17-7-5-8-18-41)39-31-27-37(28-32-39)43-35-36-44(46-22-12-11-21-45(43)46)38-29-33-40(34-30-38)54-52-56(48-24-14-16-26-50(48)60(52,3)4)64-58(62-54)42-19-9-6-10-20-42/h5-36H,1-4H3. The molecule has 12 rings (SSSR count). The molecule has 0 unspecified atom stereocenters. The number of benzene rings is 8. The van der Waals surface area contributed by atoms with Crippen LogP contribution in [0.25, 0.3) is 101 Å². The summed E-state index contributed by atoms with van der Waals surface area (Å²) in [6.07, 6.45) is 0. The van der Waals surface area contributed by atoms with Gasteiger partial charge in [-0.3, -0.25) is 0 Å². The van der Waals surface area contributed by atoms with E-state index in [1.54, 1.807) is 0 Å². The topological polar surface area (TPSA) is 51.6 Å². The van der Waals surface area contributed by atoms with Crippen LogP contribution >= 0.6 is 0 Å². The highest BCUT2D eigenvalue weighted by atomic mass is 14.9. The van der Waals surface area contributed by atoms with Gasteiger partial charge in [-0.2, -0.15) is 0 Å². The molecule has 0 amide bonds. The monoisotopic (exact) mass is 820 g/mol. The Hall–Kier alpha value is -7.82. The second-order valence-corrected chi connectivity index (χ2v) is 18.2. The Labute approximate surface area is 374 Å². The Morgan fingerprint density at radius 3 is 1.00 bits per heavy atom. The van der Waals surface area contributed by atoms with E-state index in [0.29, 0.717) is 0 Å². The first-order valence-electron chi connectivity index (χ1n) is 22.1. The van der Waals surface area contributed by atoms with Gasteiger partial charge in [0.2, 0.25) is 0 Å². The fourth-order valence-electron chi connectivity index (χ4n) is 10.5. The maximum Gasteiger partial charge on any atom is 0.160 e. The molecule has 0 radical (unpaired) electrons. The summed E-state index contributed by atoms with van der Waals surface area (Å²) in [6.45, 7) is 9.19. The predicted octanol–water partition coefficient (Wildman–Crippen LogP) is 15.0. The first-order valence-corrected chi connectivity index (χ1v) is 22.1. The number of aromatic nitrogens is 4. The van der Waals surface area contributed by atoms with E-state index in [1.165, 1.54) is 55.3 Å². The third-order valence-electron chi connectivity index (χ3n) is 13.7. The van der Waals surface area contributed by atoms with Crippen molar-refractivity contribution in [2.75, 3.05) is 0 Å². The number of nitrogens with zero attached hydrogens (tertiary/aromatic N) is 4. The van der Waals surface area contributed by atoms with Crippen molar-refractivity contribution < 1.29 is 0 Å². The van der Waals surface area contributed by atoms with Crippen molar-refractivity contribution in [1.82, 2.24) is 19.9 Å². The molecule has 64 heavy (non-hydrogen) atoms. The van der Waals surface area contributed by atoms with E-state index in [4.69, 9.17) is 19.9 Å². The number of fused-ring (bicyclic) bond motifs is 7. The van der Waals surface area contributed by atoms with Crippen molar-refractivity contribution in [3.63, 3.8) is 0 Å². The molecule has 304 valence electrons. The highest BCUT2D eigenvalue weighted by molar-refractivity contribution is 6.05.